The fourth-order valence-electron chi connectivity index (χ4n) is 4.14. The summed E-state index contributed by atoms with van der Waals surface area (Å²) < 4.78 is 22.3. The number of hydrogen-bond donors (Lipinski definition) is 1. The fourth-order valence-corrected chi connectivity index (χ4v) is 4.14. The van der Waals surface area contributed by atoms with E-state index in [1.54, 1.807) is 37.6 Å². The third-order valence-corrected chi connectivity index (χ3v) is 6.31. The molecule has 2 aromatic carbocycles. The number of hydrazone groups is 1. The Morgan fingerprint density at radius 2 is 1.57 bits per heavy atom. The van der Waals surface area contributed by atoms with Crippen molar-refractivity contribution in [3.05, 3.63) is 63.7 Å². The van der Waals surface area contributed by atoms with Crippen LogP contribution in [0.1, 0.15) is 11.1 Å². The zero-order valence-corrected chi connectivity index (χ0v) is 22.1. The quantitative estimate of drug-likeness (QED) is 0.224. The number of rotatable bonds is 10. The van der Waals surface area contributed by atoms with Gasteiger partial charge >= 0.3 is 0 Å². The molecule has 2 fully saturated rings. The second kappa shape index (κ2) is 13.0. The van der Waals surface area contributed by atoms with Crippen molar-refractivity contribution in [2.75, 3.05) is 74.9 Å². The van der Waals surface area contributed by atoms with Crippen LogP contribution in [0.4, 0.5) is 23.5 Å². The average molecular weight is 551 g/mol. The predicted molar refractivity (Wildman–Crippen MR) is 148 cm³/mol. The lowest BCUT2D eigenvalue weighted by atomic mass is 10.2. The molecule has 0 atom stereocenters. The van der Waals surface area contributed by atoms with Crippen LogP contribution >= 0.6 is 0 Å². The number of hydrogen-bond acceptors (Lipinski definition) is 13. The van der Waals surface area contributed by atoms with Crippen molar-refractivity contribution in [2.24, 2.45) is 5.10 Å². The summed E-state index contributed by atoms with van der Waals surface area (Å²) in [6.07, 6.45) is 1.63. The maximum atomic E-state index is 10.8. The van der Waals surface area contributed by atoms with E-state index in [9.17, 15) is 10.1 Å². The van der Waals surface area contributed by atoms with Crippen LogP contribution in [0.15, 0.2) is 47.6 Å². The highest BCUT2D eigenvalue weighted by Gasteiger charge is 2.20. The third kappa shape index (κ3) is 6.90. The number of nitrogens with one attached hydrogen (secondary N) is 1. The van der Waals surface area contributed by atoms with Crippen LogP contribution in [0, 0.1) is 10.1 Å². The largest absolute Gasteiger partial charge is 0.493 e. The maximum absolute atomic E-state index is 10.8. The van der Waals surface area contributed by atoms with Crippen LogP contribution in [-0.4, -0.2) is 85.8 Å². The molecule has 3 aromatic rings. The first-order chi connectivity index (χ1) is 19.6. The minimum atomic E-state index is -0.435. The Labute approximate surface area is 230 Å². The SMILES string of the molecule is COc1cc(/C=N/Nc2nc(N3CCOCC3)nc(N3CCOCC3)n2)ccc1OCc1ccc([N+](=O)[O-])cc1. The molecule has 1 N–H and O–H groups in total. The van der Waals surface area contributed by atoms with E-state index in [-0.39, 0.29) is 12.3 Å². The van der Waals surface area contributed by atoms with Gasteiger partial charge in [-0.25, -0.2) is 5.43 Å². The first-order valence-corrected chi connectivity index (χ1v) is 12.8. The number of nitrogens with zero attached hydrogens (tertiary/aromatic N) is 7. The van der Waals surface area contributed by atoms with Crippen LogP contribution in [0.2, 0.25) is 0 Å². The number of benzene rings is 2. The van der Waals surface area contributed by atoms with Gasteiger partial charge in [0.25, 0.3) is 5.69 Å². The van der Waals surface area contributed by atoms with Gasteiger partial charge < -0.3 is 28.7 Å². The summed E-state index contributed by atoms with van der Waals surface area (Å²) in [6, 6.07) is 11.6. The second-order valence-corrected chi connectivity index (χ2v) is 8.95. The van der Waals surface area contributed by atoms with Gasteiger partial charge in [0.05, 0.1) is 44.7 Å². The van der Waals surface area contributed by atoms with Gasteiger partial charge in [-0.15, -0.1) is 0 Å². The molecule has 210 valence electrons. The van der Waals surface area contributed by atoms with Gasteiger partial charge in [-0.05, 0) is 41.5 Å². The number of aromatic nitrogens is 3. The van der Waals surface area contributed by atoms with E-state index in [2.05, 4.69) is 30.3 Å². The highest BCUT2D eigenvalue weighted by atomic mass is 16.6. The topological polar surface area (TPSA) is 150 Å². The highest BCUT2D eigenvalue weighted by molar-refractivity contribution is 5.81. The molecule has 0 radical (unpaired) electrons. The van der Waals surface area contributed by atoms with E-state index in [4.69, 9.17) is 23.9 Å². The number of morpholine rings is 2. The van der Waals surface area contributed by atoms with Crippen LogP contribution in [0.25, 0.3) is 0 Å². The summed E-state index contributed by atoms with van der Waals surface area (Å²) in [5, 5.41) is 15.2. The number of methoxy groups -OCH3 is 1. The second-order valence-electron chi connectivity index (χ2n) is 8.95. The Kier molecular flexibility index (Phi) is 8.78. The Hall–Kier alpha value is -4.56. The number of non-ortho nitro benzene ring substituents is 1. The molecule has 5 rings (SSSR count). The van der Waals surface area contributed by atoms with Crippen molar-refractivity contribution >= 4 is 29.7 Å². The van der Waals surface area contributed by atoms with E-state index in [1.807, 2.05) is 6.07 Å². The third-order valence-electron chi connectivity index (χ3n) is 6.31. The number of nitro benzene ring substituents is 1. The first-order valence-electron chi connectivity index (χ1n) is 12.8. The smallest absolute Gasteiger partial charge is 0.269 e. The van der Waals surface area contributed by atoms with Crippen molar-refractivity contribution in [1.82, 2.24) is 15.0 Å². The number of nitro groups is 1. The van der Waals surface area contributed by atoms with Crippen molar-refractivity contribution in [3.63, 3.8) is 0 Å². The van der Waals surface area contributed by atoms with Crippen LogP contribution in [0.3, 0.4) is 0 Å². The van der Waals surface area contributed by atoms with E-state index in [1.165, 1.54) is 12.1 Å². The van der Waals surface area contributed by atoms with Gasteiger partial charge in [0.15, 0.2) is 11.5 Å². The molecule has 3 heterocycles. The summed E-state index contributed by atoms with van der Waals surface area (Å²) in [7, 11) is 1.55. The zero-order chi connectivity index (χ0) is 27.7. The zero-order valence-electron chi connectivity index (χ0n) is 22.1. The van der Waals surface area contributed by atoms with Crippen molar-refractivity contribution in [1.29, 1.82) is 0 Å². The predicted octanol–water partition coefficient (Wildman–Crippen LogP) is 2.49. The molecule has 2 aliphatic heterocycles. The molecular weight excluding hydrogens is 520 g/mol. The van der Waals surface area contributed by atoms with Gasteiger partial charge in [-0.1, -0.05) is 0 Å². The van der Waals surface area contributed by atoms with Crippen molar-refractivity contribution < 1.29 is 23.9 Å². The summed E-state index contributed by atoms with van der Waals surface area (Å²) in [4.78, 5) is 28.4. The van der Waals surface area contributed by atoms with Crippen molar-refractivity contribution in [3.8, 4) is 11.5 Å². The summed E-state index contributed by atoms with van der Waals surface area (Å²) in [5.41, 5.74) is 4.53. The minimum Gasteiger partial charge on any atom is -0.493 e. The standard InChI is InChI=1S/C26H30N8O6/c1-37-23-16-20(4-7-22(23)40-18-19-2-5-21(6-3-19)34(35)36)17-27-31-24-28-25(32-8-12-38-13-9-32)30-26(29-24)33-10-14-39-15-11-33/h2-7,16-17H,8-15,18H2,1H3,(H,28,29,30,31)/b27-17+. The molecule has 1 aromatic heterocycles. The normalized spacial score (nSPS) is 15.7. The van der Waals surface area contributed by atoms with Crippen molar-refractivity contribution in [2.45, 2.75) is 6.61 Å². The molecule has 0 bridgehead atoms. The summed E-state index contributed by atoms with van der Waals surface area (Å²) in [6.45, 7) is 5.52. The van der Waals surface area contributed by atoms with E-state index in [0.29, 0.717) is 82.0 Å². The van der Waals surface area contributed by atoms with E-state index < -0.39 is 4.92 Å². The summed E-state index contributed by atoms with van der Waals surface area (Å²) >= 11 is 0. The van der Waals surface area contributed by atoms with Crippen LogP contribution < -0.4 is 24.7 Å². The lowest BCUT2D eigenvalue weighted by Gasteiger charge is -2.30. The lowest BCUT2D eigenvalue weighted by Crippen LogP contribution is -2.40. The maximum Gasteiger partial charge on any atom is 0.269 e. The van der Waals surface area contributed by atoms with E-state index in [0.717, 1.165) is 11.1 Å². The Morgan fingerprint density at radius 3 is 2.15 bits per heavy atom. The lowest BCUT2D eigenvalue weighted by molar-refractivity contribution is -0.384. The Balaban J connectivity index is 1.26. The molecule has 0 spiro atoms. The first kappa shape index (κ1) is 27.0. The van der Waals surface area contributed by atoms with Gasteiger partial charge in [0, 0.05) is 38.3 Å². The Morgan fingerprint density at radius 1 is 0.950 bits per heavy atom. The fraction of sp³-hybridized carbons (Fsp3) is 0.385. The molecular formula is C26H30N8O6. The molecule has 0 saturated carbocycles. The van der Waals surface area contributed by atoms with Gasteiger partial charge in [-0.3, -0.25) is 10.1 Å². The monoisotopic (exact) mass is 550 g/mol. The average Bonchev–Trinajstić information content (AvgIpc) is 3.01. The minimum absolute atomic E-state index is 0.0328. The molecule has 0 unspecified atom stereocenters. The van der Waals surface area contributed by atoms with Gasteiger partial charge in [0.1, 0.15) is 6.61 Å². The van der Waals surface area contributed by atoms with Crippen LogP contribution in [0.5, 0.6) is 11.5 Å². The molecule has 0 aliphatic carbocycles. The molecule has 14 nitrogen and oxygen atoms in total. The van der Waals surface area contributed by atoms with Gasteiger partial charge in [0.2, 0.25) is 17.8 Å². The van der Waals surface area contributed by atoms with Crippen LogP contribution in [-0.2, 0) is 16.1 Å². The highest BCUT2D eigenvalue weighted by Crippen LogP contribution is 2.28. The summed E-state index contributed by atoms with van der Waals surface area (Å²) in [5.74, 6) is 2.55. The Bertz CT molecular complexity index is 1290. The molecule has 2 aliphatic rings. The molecule has 2 saturated heterocycles. The molecule has 0 amide bonds. The number of ether oxygens (including phenoxy) is 4. The van der Waals surface area contributed by atoms with Gasteiger partial charge in [-0.2, -0.15) is 20.1 Å². The molecule has 14 heteroatoms. The molecule has 40 heavy (non-hydrogen) atoms. The van der Waals surface area contributed by atoms with E-state index >= 15 is 0 Å². The number of anilines is 3.